The minimum absolute atomic E-state index is 1.23. The molecule has 0 saturated heterocycles. The molecule has 0 radical (unpaired) electrons. The average Bonchev–Trinajstić information content (AvgIpc) is 3.39. The van der Waals surface area contributed by atoms with Crippen molar-refractivity contribution in [1.82, 2.24) is 0 Å². The van der Waals surface area contributed by atoms with Gasteiger partial charge >= 0.3 is 0 Å². The zero-order valence-electron chi connectivity index (χ0n) is 28.3. The van der Waals surface area contributed by atoms with Gasteiger partial charge in [-0.25, -0.2) is 0 Å². The second-order valence-electron chi connectivity index (χ2n) is 14.2. The van der Waals surface area contributed by atoms with Crippen LogP contribution in [0.1, 0.15) is 0 Å². The van der Waals surface area contributed by atoms with Gasteiger partial charge in [0.15, 0.2) is 0 Å². The third-order valence-electron chi connectivity index (χ3n) is 11.7. The summed E-state index contributed by atoms with van der Waals surface area (Å²) in [5, 5.41) is 23.4. The van der Waals surface area contributed by atoms with E-state index in [0.29, 0.717) is 0 Å². The monoisotopic (exact) mass is 654 g/mol. The molecular weight excluding hydrogens is 625 g/mol. The fourth-order valence-corrected chi connectivity index (χ4v) is 9.80. The van der Waals surface area contributed by atoms with Crippen LogP contribution >= 0.6 is 0 Å². The number of benzene rings is 10. The van der Waals surface area contributed by atoms with Crippen molar-refractivity contribution in [3.63, 3.8) is 0 Å². The minimum Gasteiger partial charge on any atom is -0.0622 e. The van der Waals surface area contributed by atoms with Crippen molar-refractivity contribution in [2.24, 2.45) is 0 Å². The number of hydrogen-bond acceptors (Lipinski definition) is 0. The Labute approximate surface area is 300 Å². The third kappa shape index (κ3) is 3.56. The van der Waals surface area contributed by atoms with Crippen LogP contribution in [0.25, 0.3) is 119 Å². The highest BCUT2D eigenvalue weighted by Crippen LogP contribution is 2.52. The van der Waals surface area contributed by atoms with Crippen molar-refractivity contribution in [3.8, 4) is 22.3 Å². The molecule has 15 rings (SSSR count). The van der Waals surface area contributed by atoms with Crippen LogP contribution in [0.5, 0.6) is 0 Å². The van der Waals surface area contributed by atoms with Gasteiger partial charge in [-0.3, -0.25) is 0 Å². The van der Waals surface area contributed by atoms with Crippen molar-refractivity contribution in [2.45, 2.75) is 0 Å². The fraction of sp³-hybridized carbons (Fsp3) is 0. The van der Waals surface area contributed by atoms with E-state index in [1.54, 1.807) is 0 Å². The average molecular weight is 655 g/mol. The summed E-state index contributed by atoms with van der Waals surface area (Å²) in [6, 6.07) is 68.2. The van der Waals surface area contributed by atoms with Gasteiger partial charge in [-0.1, -0.05) is 182 Å². The van der Waals surface area contributed by atoms with Crippen LogP contribution in [0.2, 0.25) is 0 Å². The SMILES string of the molecule is c1ccc(-c2c3cccc2c2c4ccccc4c(c4c5ccccc5c3c3ccccc34)c3c2ccc2c4cccc(c4-c4ccccc4)c23)cc1. The third-order valence-corrected chi connectivity index (χ3v) is 11.7. The topological polar surface area (TPSA) is 0 Å². The van der Waals surface area contributed by atoms with E-state index in [2.05, 4.69) is 182 Å². The summed E-state index contributed by atoms with van der Waals surface area (Å²) in [6.07, 6.45) is 0. The van der Waals surface area contributed by atoms with Gasteiger partial charge < -0.3 is 0 Å². The molecule has 0 heteroatoms. The molecule has 0 unspecified atom stereocenters. The molecule has 0 N–H and O–H groups in total. The van der Waals surface area contributed by atoms with Crippen LogP contribution in [0.15, 0.2) is 182 Å². The van der Waals surface area contributed by atoms with Crippen LogP contribution < -0.4 is 0 Å². The lowest BCUT2D eigenvalue weighted by Gasteiger charge is -2.15. The molecule has 0 amide bonds. The summed E-state index contributed by atoms with van der Waals surface area (Å²) >= 11 is 0. The molecule has 15 aromatic carbocycles. The molecule has 0 atom stereocenters. The summed E-state index contributed by atoms with van der Waals surface area (Å²) in [6.45, 7) is 0. The molecule has 0 aliphatic rings. The Morgan fingerprint density at radius 3 is 0.962 bits per heavy atom. The molecule has 0 spiro atoms. The standard InChI is InChI=1S/C52H30/c1-3-15-31(16-4-1)45-33-25-13-28-43(45)50-40(33)29-30-44-48-36-21-9-12-24-39(36)51(52(44)50)49-37-22-10-7-19-34(37)47(35-20-8-11-23-38(35)49)41-26-14-27-42(48)46(41)32-17-5-2-6-18-32/h1-30H. The lowest BCUT2D eigenvalue weighted by Crippen LogP contribution is -1.87. The first-order valence-corrected chi connectivity index (χ1v) is 18.2. The van der Waals surface area contributed by atoms with E-state index in [0.717, 1.165) is 0 Å². The van der Waals surface area contributed by atoms with E-state index in [4.69, 9.17) is 0 Å². The van der Waals surface area contributed by atoms with Crippen LogP contribution in [0, 0.1) is 0 Å². The summed E-state index contributed by atoms with van der Waals surface area (Å²) in [7, 11) is 0. The number of fused-ring (bicyclic) bond motifs is 5. The fourth-order valence-electron chi connectivity index (χ4n) is 9.80. The molecule has 0 heterocycles. The maximum atomic E-state index is 2.43. The maximum absolute atomic E-state index is 2.43. The second-order valence-corrected chi connectivity index (χ2v) is 14.2. The van der Waals surface area contributed by atoms with Crippen LogP contribution in [-0.2, 0) is 0 Å². The lowest BCUT2D eigenvalue weighted by atomic mass is 9.87. The Morgan fingerprint density at radius 2 is 0.442 bits per heavy atom. The Morgan fingerprint density at radius 1 is 0.154 bits per heavy atom. The minimum atomic E-state index is 1.23. The van der Waals surface area contributed by atoms with Crippen LogP contribution in [-0.4, -0.2) is 0 Å². The summed E-state index contributed by atoms with van der Waals surface area (Å²) in [5.41, 5.74) is 5.09. The molecule has 0 nitrogen and oxygen atoms in total. The van der Waals surface area contributed by atoms with Gasteiger partial charge in [-0.15, -0.1) is 0 Å². The van der Waals surface area contributed by atoms with Crippen molar-refractivity contribution >= 4 is 97.0 Å². The van der Waals surface area contributed by atoms with Gasteiger partial charge in [0.25, 0.3) is 0 Å². The maximum Gasteiger partial charge on any atom is -0.000718 e. The lowest BCUT2D eigenvalue weighted by molar-refractivity contribution is 1.68. The zero-order valence-corrected chi connectivity index (χ0v) is 28.3. The Hall–Kier alpha value is -6.76. The predicted octanol–water partition coefficient (Wildman–Crippen LogP) is 14.8. The first-order chi connectivity index (χ1) is 25.9. The number of rotatable bonds is 2. The van der Waals surface area contributed by atoms with E-state index < -0.39 is 0 Å². The van der Waals surface area contributed by atoms with Crippen molar-refractivity contribution in [3.05, 3.63) is 182 Å². The first-order valence-electron chi connectivity index (χ1n) is 18.2. The molecule has 8 bridgehead atoms. The van der Waals surface area contributed by atoms with Gasteiger partial charge in [0.05, 0.1) is 0 Å². The van der Waals surface area contributed by atoms with E-state index in [1.807, 2.05) is 0 Å². The molecule has 0 aliphatic carbocycles. The van der Waals surface area contributed by atoms with E-state index >= 15 is 0 Å². The zero-order chi connectivity index (χ0) is 33.9. The van der Waals surface area contributed by atoms with Gasteiger partial charge in [0.1, 0.15) is 0 Å². The molecule has 0 fully saturated rings. The quantitative estimate of drug-likeness (QED) is 0.163. The van der Waals surface area contributed by atoms with E-state index in [9.17, 15) is 0 Å². The highest BCUT2D eigenvalue weighted by atomic mass is 14.3. The van der Waals surface area contributed by atoms with Gasteiger partial charge in [-0.2, -0.15) is 0 Å². The molecular formula is C52H30. The summed E-state index contributed by atoms with van der Waals surface area (Å²) in [4.78, 5) is 0. The van der Waals surface area contributed by atoms with Crippen LogP contribution in [0.4, 0.5) is 0 Å². The first kappa shape index (κ1) is 28.0. The Balaban J connectivity index is 1.55. The molecule has 0 saturated carbocycles. The van der Waals surface area contributed by atoms with E-state index in [1.165, 1.54) is 119 Å². The van der Waals surface area contributed by atoms with Crippen molar-refractivity contribution in [1.29, 1.82) is 0 Å². The molecule has 238 valence electrons. The Bertz CT molecular complexity index is 3370. The summed E-state index contributed by atoms with van der Waals surface area (Å²) < 4.78 is 0. The van der Waals surface area contributed by atoms with Crippen LogP contribution in [0.3, 0.4) is 0 Å². The normalized spacial score (nSPS) is 12.2. The number of hydrogen-bond donors (Lipinski definition) is 0. The predicted molar refractivity (Wildman–Crippen MR) is 226 cm³/mol. The molecule has 52 heavy (non-hydrogen) atoms. The van der Waals surface area contributed by atoms with Gasteiger partial charge in [0, 0.05) is 0 Å². The Kier molecular flexibility index (Phi) is 5.59. The second kappa shape index (κ2) is 10.4. The molecule has 15 aromatic rings. The summed E-state index contributed by atoms with van der Waals surface area (Å²) in [5.74, 6) is 0. The van der Waals surface area contributed by atoms with Gasteiger partial charge in [-0.05, 0) is 119 Å². The highest BCUT2D eigenvalue weighted by molar-refractivity contribution is 6.47. The highest BCUT2D eigenvalue weighted by Gasteiger charge is 2.24. The van der Waals surface area contributed by atoms with Gasteiger partial charge in [0.2, 0.25) is 0 Å². The van der Waals surface area contributed by atoms with Crippen molar-refractivity contribution in [2.75, 3.05) is 0 Å². The van der Waals surface area contributed by atoms with E-state index in [-0.39, 0.29) is 0 Å². The molecule has 0 aromatic heterocycles. The largest absolute Gasteiger partial charge is 0.0622 e. The smallest absolute Gasteiger partial charge is 0.000718 e. The molecule has 0 aliphatic heterocycles. The van der Waals surface area contributed by atoms with Crippen molar-refractivity contribution < 1.29 is 0 Å².